The van der Waals surface area contributed by atoms with E-state index >= 15 is 0 Å². The van der Waals surface area contributed by atoms with Crippen LogP contribution in [0.25, 0.3) is 0 Å². The molecule has 0 aromatic heterocycles. The Morgan fingerprint density at radius 3 is 2.57 bits per heavy atom. The maximum absolute atomic E-state index is 11.7. The van der Waals surface area contributed by atoms with Crippen LogP contribution in [0, 0.1) is 0 Å². The van der Waals surface area contributed by atoms with Gasteiger partial charge in [-0.15, -0.1) is 0 Å². The largest absolute Gasteiger partial charge is 0.391 e. The van der Waals surface area contributed by atoms with E-state index in [1.54, 1.807) is 19.1 Å². The fourth-order valence-corrected chi connectivity index (χ4v) is 1.47. The van der Waals surface area contributed by atoms with Gasteiger partial charge in [0, 0.05) is 5.56 Å². The molecule has 0 bridgehead atoms. The van der Waals surface area contributed by atoms with Crippen LogP contribution in [0.2, 0.25) is 0 Å². The van der Waals surface area contributed by atoms with E-state index in [9.17, 15) is 9.90 Å². The van der Waals surface area contributed by atoms with Crippen molar-refractivity contribution in [3.05, 3.63) is 35.9 Å². The minimum absolute atomic E-state index is 0.0449. The summed E-state index contributed by atoms with van der Waals surface area (Å²) < 4.78 is 5.10. The summed E-state index contributed by atoms with van der Waals surface area (Å²) in [6, 6.07) is 8.99. The summed E-state index contributed by atoms with van der Waals surface area (Å²) >= 11 is 0. The lowest BCUT2D eigenvalue weighted by atomic mass is 10.1. The van der Waals surface area contributed by atoms with Crippen LogP contribution in [-0.2, 0) is 4.74 Å². The number of ketones is 1. The Bertz CT molecular complexity index is 332. The Morgan fingerprint density at radius 1 is 1.43 bits per heavy atom. The molecule has 0 amide bonds. The molecule has 0 aliphatic carbocycles. The number of hydrogen-bond acceptors (Lipinski definition) is 3. The molecule has 1 aliphatic heterocycles. The van der Waals surface area contributed by atoms with Crippen LogP contribution in [0.1, 0.15) is 17.3 Å². The third-order valence-electron chi connectivity index (χ3n) is 2.32. The van der Waals surface area contributed by atoms with Crippen LogP contribution in [-0.4, -0.2) is 29.2 Å². The van der Waals surface area contributed by atoms with Gasteiger partial charge in [-0.25, -0.2) is 0 Å². The number of hydrogen-bond donors (Lipinski definition) is 1. The lowest BCUT2D eigenvalue weighted by molar-refractivity contribution is 0.0953. The third kappa shape index (κ3) is 1.69. The first kappa shape index (κ1) is 9.37. The second kappa shape index (κ2) is 3.52. The fourth-order valence-electron chi connectivity index (χ4n) is 1.47. The minimum atomic E-state index is -0.576. The number of aliphatic hydroxyl groups is 1. The predicted octanol–water partition coefficient (Wildman–Crippen LogP) is 1.02. The number of ether oxygens (including phenoxy) is 1. The molecular formula is C11H12O3. The van der Waals surface area contributed by atoms with E-state index in [0.717, 1.165) is 0 Å². The standard InChI is InChI=1S/C11H12O3/c1-7(12)10-11(14-10)9(13)8-5-3-2-4-6-8/h2-7,10-12H,1H3/t7-,10-,11-/m1/s1. The Morgan fingerprint density at radius 2 is 2.07 bits per heavy atom. The molecule has 1 fully saturated rings. The number of carbonyl (C=O) groups excluding carboxylic acids is 1. The molecule has 1 aromatic rings. The van der Waals surface area contributed by atoms with Crippen LogP contribution < -0.4 is 0 Å². The number of aliphatic hydroxyl groups excluding tert-OH is 1. The smallest absolute Gasteiger partial charge is 0.194 e. The maximum Gasteiger partial charge on any atom is 0.194 e. The second-order valence-corrected chi connectivity index (χ2v) is 3.49. The highest BCUT2D eigenvalue weighted by Gasteiger charge is 2.47. The highest BCUT2D eigenvalue weighted by Crippen LogP contribution is 2.28. The van der Waals surface area contributed by atoms with Crippen LogP contribution >= 0.6 is 0 Å². The van der Waals surface area contributed by atoms with Crippen molar-refractivity contribution in [3.63, 3.8) is 0 Å². The van der Waals surface area contributed by atoms with Crippen molar-refractivity contribution in [1.29, 1.82) is 0 Å². The number of rotatable bonds is 3. The summed E-state index contributed by atoms with van der Waals surface area (Å²) in [4.78, 5) is 11.7. The van der Waals surface area contributed by atoms with E-state index in [1.165, 1.54) is 0 Å². The van der Waals surface area contributed by atoms with Crippen molar-refractivity contribution in [3.8, 4) is 0 Å². The SMILES string of the molecule is C[C@@H](O)[C@H]1O[C@@H]1C(=O)c1ccccc1. The zero-order valence-corrected chi connectivity index (χ0v) is 7.88. The van der Waals surface area contributed by atoms with Gasteiger partial charge in [-0.05, 0) is 6.92 Å². The quantitative estimate of drug-likeness (QED) is 0.574. The van der Waals surface area contributed by atoms with E-state index in [-0.39, 0.29) is 11.9 Å². The van der Waals surface area contributed by atoms with Gasteiger partial charge in [0.15, 0.2) is 5.78 Å². The summed E-state index contributed by atoms with van der Waals surface area (Å²) in [5.41, 5.74) is 0.639. The first-order valence-corrected chi connectivity index (χ1v) is 4.63. The summed E-state index contributed by atoms with van der Waals surface area (Å²) in [7, 11) is 0. The van der Waals surface area contributed by atoms with Crippen LogP contribution in [0.5, 0.6) is 0 Å². The molecular weight excluding hydrogens is 180 g/mol. The average Bonchev–Trinajstić information content (AvgIpc) is 2.97. The van der Waals surface area contributed by atoms with Gasteiger partial charge in [0.1, 0.15) is 12.2 Å². The van der Waals surface area contributed by atoms with E-state index < -0.39 is 12.2 Å². The Kier molecular flexibility index (Phi) is 2.35. The summed E-state index contributed by atoms with van der Waals surface area (Å²) in [5, 5.41) is 9.18. The van der Waals surface area contributed by atoms with Crippen molar-refractivity contribution in [2.75, 3.05) is 0 Å². The predicted molar refractivity (Wildman–Crippen MR) is 51.1 cm³/mol. The topological polar surface area (TPSA) is 49.8 Å². The summed E-state index contributed by atoms with van der Waals surface area (Å²) in [6.07, 6.45) is -1.34. The molecule has 3 nitrogen and oxygen atoms in total. The highest BCUT2D eigenvalue weighted by atomic mass is 16.6. The van der Waals surface area contributed by atoms with E-state index in [2.05, 4.69) is 0 Å². The number of carbonyl (C=O) groups is 1. The van der Waals surface area contributed by atoms with E-state index in [4.69, 9.17) is 4.74 Å². The fraction of sp³-hybridized carbons (Fsp3) is 0.364. The molecule has 0 unspecified atom stereocenters. The monoisotopic (exact) mass is 192 g/mol. The van der Waals surface area contributed by atoms with Crippen LogP contribution in [0.15, 0.2) is 30.3 Å². The summed E-state index contributed by atoms with van der Waals surface area (Å²) in [6.45, 7) is 1.63. The second-order valence-electron chi connectivity index (χ2n) is 3.49. The van der Waals surface area contributed by atoms with Crippen LogP contribution in [0.4, 0.5) is 0 Å². The molecule has 1 heterocycles. The number of epoxide rings is 1. The molecule has 74 valence electrons. The van der Waals surface area contributed by atoms with Gasteiger partial charge >= 0.3 is 0 Å². The third-order valence-corrected chi connectivity index (χ3v) is 2.32. The molecule has 0 saturated carbocycles. The zero-order chi connectivity index (χ0) is 10.1. The molecule has 0 spiro atoms. The minimum Gasteiger partial charge on any atom is -0.391 e. The van der Waals surface area contributed by atoms with Gasteiger partial charge in [0.2, 0.25) is 0 Å². The maximum atomic E-state index is 11.7. The Hall–Kier alpha value is -1.19. The molecule has 3 atom stereocenters. The van der Waals surface area contributed by atoms with Crippen molar-refractivity contribution < 1.29 is 14.6 Å². The molecule has 14 heavy (non-hydrogen) atoms. The summed E-state index contributed by atoms with van der Waals surface area (Å²) in [5.74, 6) is -0.0449. The van der Waals surface area contributed by atoms with Gasteiger partial charge in [0.25, 0.3) is 0 Å². The van der Waals surface area contributed by atoms with E-state index in [0.29, 0.717) is 5.56 Å². The molecule has 1 N–H and O–H groups in total. The lowest BCUT2D eigenvalue weighted by Crippen LogP contribution is -2.17. The number of Topliss-reactive ketones (excluding diaryl/α,β-unsaturated/α-hetero) is 1. The molecule has 1 saturated heterocycles. The molecule has 3 heteroatoms. The van der Waals surface area contributed by atoms with Gasteiger partial charge in [-0.1, -0.05) is 30.3 Å². The van der Waals surface area contributed by atoms with Gasteiger partial charge in [-0.2, -0.15) is 0 Å². The molecule has 1 aliphatic rings. The zero-order valence-electron chi connectivity index (χ0n) is 7.88. The van der Waals surface area contributed by atoms with Crippen molar-refractivity contribution >= 4 is 5.78 Å². The van der Waals surface area contributed by atoms with Gasteiger partial charge in [0.05, 0.1) is 6.10 Å². The normalized spacial score (nSPS) is 27.0. The molecule has 1 aromatic carbocycles. The van der Waals surface area contributed by atoms with Crippen molar-refractivity contribution in [1.82, 2.24) is 0 Å². The first-order chi connectivity index (χ1) is 6.70. The van der Waals surface area contributed by atoms with Crippen molar-refractivity contribution in [2.24, 2.45) is 0 Å². The lowest BCUT2D eigenvalue weighted by Gasteiger charge is -1.97. The van der Waals surface area contributed by atoms with Crippen molar-refractivity contribution in [2.45, 2.75) is 25.2 Å². The van der Waals surface area contributed by atoms with Gasteiger partial charge in [-0.3, -0.25) is 4.79 Å². The highest BCUT2D eigenvalue weighted by molar-refractivity contribution is 6.01. The first-order valence-electron chi connectivity index (χ1n) is 4.63. The van der Waals surface area contributed by atoms with E-state index in [1.807, 2.05) is 18.2 Å². The van der Waals surface area contributed by atoms with Gasteiger partial charge < -0.3 is 9.84 Å². The van der Waals surface area contributed by atoms with Crippen LogP contribution in [0.3, 0.4) is 0 Å². The number of benzene rings is 1. The average molecular weight is 192 g/mol. The molecule has 0 radical (unpaired) electrons. The molecule has 2 rings (SSSR count). The Balaban J connectivity index is 2.05. The Labute approximate surface area is 82.3 Å².